The van der Waals surface area contributed by atoms with Gasteiger partial charge in [-0.15, -0.1) is 0 Å². The molecule has 0 aliphatic heterocycles. The van der Waals surface area contributed by atoms with Crippen LogP contribution in [0.25, 0.3) is 0 Å². The van der Waals surface area contributed by atoms with Crippen molar-refractivity contribution in [2.45, 2.75) is 129 Å². The van der Waals surface area contributed by atoms with Crippen LogP contribution >= 0.6 is 11.8 Å². The highest BCUT2D eigenvalue weighted by Gasteiger charge is 2.26. The molecular weight excluding hydrogens is 520 g/mol. The van der Waals surface area contributed by atoms with Crippen molar-refractivity contribution in [2.24, 2.45) is 0 Å². The van der Waals surface area contributed by atoms with Gasteiger partial charge < -0.3 is 25.2 Å². The van der Waals surface area contributed by atoms with E-state index in [-0.39, 0.29) is 30.7 Å². The lowest BCUT2D eigenvalue weighted by Crippen LogP contribution is -2.54. The number of carbonyl (C=O) groups is 4. The third kappa shape index (κ3) is 21.7. The van der Waals surface area contributed by atoms with Gasteiger partial charge in [-0.25, -0.2) is 4.79 Å². The second-order valence-electron chi connectivity index (χ2n) is 9.93. The maximum absolute atomic E-state index is 12.6. The molecule has 0 aromatic carbocycles. The van der Waals surface area contributed by atoms with Crippen LogP contribution in [0.4, 0.5) is 0 Å². The van der Waals surface area contributed by atoms with E-state index in [0.29, 0.717) is 18.6 Å². The number of nitrogens with one attached hydrogen (secondary N) is 2. The molecule has 0 bridgehead atoms. The van der Waals surface area contributed by atoms with Gasteiger partial charge in [0.05, 0.1) is 13.7 Å². The summed E-state index contributed by atoms with van der Waals surface area (Å²) < 4.78 is 9.86. The van der Waals surface area contributed by atoms with E-state index in [1.807, 2.05) is 6.92 Å². The number of methoxy groups -OCH3 is 1. The van der Waals surface area contributed by atoms with Crippen LogP contribution in [0.3, 0.4) is 0 Å². The van der Waals surface area contributed by atoms with Crippen molar-refractivity contribution >= 4 is 35.5 Å². The number of amides is 2. The fourth-order valence-electron chi connectivity index (χ4n) is 4.05. The zero-order valence-corrected chi connectivity index (χ0v) is 25.4. The first-order valence-corrected chi connectivity index (χ1v) is 16.1. The maximum atomic E-state index is 12.6. The van der Waals surface area contributed by atoms with E-state index in [0.717, 1.165) is 26.4 Å². The topological polar surface area (TPSA) is 131 Å². The number of rotatable bonds is 26. The Kier molecular flexibility index (Phi) is 25.2. The summed E-state index contributed by atoms with van der Waals surface area (Å²) in [5, 5.41) is 14.4. The molecular formula is C29H54N2O7S. The van der Waals surface area contributed by atoms with Crippen LogP contribution in [0.1, 0.15) is 117 Å². The Hall–Kier alpha value is -1.81. The highest BCUT2D eigenvalue weighted by molar-refractivity contribution is 7.99. The van der Waals surface area contributed by atoms with Crippen LogP contribution in [0.15, 0.2) is 0 Å². The van der Waals surface area contributed by atoms with Gasteiger partial charge in [-0.1, -0.05) is 90.9 Å². The van der Waals surface area contributed by atoms with Crippen LogP contribution in [0, 0.1) is 0 Å². The molecule has 9 nitrogen and oxygen atoms in total. The van der Waals surface area contributed by atoms with Gasteiger partial charge in [0.2, 0.25) is 11.8 Å². The minimum absolute atomic E-state index is 0.215. The summed E-state index contributed by atoms with van der Waals surface area (Å²) in [6, 6.07) is -2.10. The molecule has 0 aliphatic carbocycles. The average molecular weight is 575 g/mol. The first-order chi connectivity index (χ1) is 18.9. The quantitative estimate of drug-likeness (QED) is 0.100. The fraction of sp³-hybridized carbons (Fsp3) is 0.862. The first kappa shape index (κ1) is 37.2. The zero-order valence-electron chi connectivity index (χ0n) is 24.6. The minimum atomic E-state index is -1.20. The second kappa shape index (κ2) is 26.4. The van der Waals surface area contributed by atoms with Gasteiger partial charge in [-0.05, 0) is 12.8 Å². The number of thioether (sulfide) groups is 1. The van der Waals surface area contributed by atoms with E-state index in [1.165, 1.54) is 76.0 Å². The molecule has 39 heavy (non-hydrogen) atoms. The highest BCUT2D eigenvalue weighted by Crippen LogP contribution is 2.13. The number of aliphatic hydroxyl groups is 1. The van der Waals surface area contributed by atoms with E-state index in [4.69, 9.17) is 4.74 Å². The van der Waals surface area contributed by atoms with Crippen LogP contribution in [-0.4, -0.2) is 72.8 Å². The number of carbonyl (C=O) groups excluding carboxylic acids is 4. The standard InChI is InChI=1S/C29H54N2O7S/c1-4-6-7-8-9-10-11-12-13-14-15-16-17-19-27(34)38-20-21-39-23-25(30-26(33)18-5-2)28(35)31-24(22-32)29(36)37-3/h24-25,32H,4-23H2,1-3H3,(H,30,33)(H,31,35). The van der Waals surface area contributed by atoms with Gasteiger partial charge in [0.15, 0.2) is 6.04 Å². The van der Waals surface area contributed by atoms with Crippen molar-refractivity contribution in [2.75, 3.05) is 31.8 Å². The molecule has 10 heteroatoms. The predicted molar refractivity (Wildman–Crippen MR) is 156 cm³/mol. The normalized spacial score (nSPS) is 12.4. The molecule has 0 rings (SSSR count). The van der Waals surface area contributed by atoms with Crippen molar-refractivity contribution < 1.29 is 33.8 Å². The Morgan fingerprint density at radius 2 is 1.31 bits per heavy atom. The number of esters is 2. The van der Waals surface area contributed by atoms with Crippen LogP contribution in [-0.2, 0) is 28.7 Å². The molecule has 0 aromatic heterocycles. The van der Waals surface area contributed by atoms with Crippen LogP contribution in [0.2, 0.25) is 0 Å². The lowest BCUT2D eigenvalue weighted by atomic mass is 10.0. The highest BCUT2D eigenvalue weighted by atomic mass is 32.2. The van der Waals surface area contributed by atoms with Gasteiger partial charge in [0.25, 0.3) is 0 Å². The maximum Gasteiger partial charge on any atom is 0.330 e. The van der Waals surface area contributed by atoms with Crippen molar-refractivity contribution in [3.8, 4) is 0 Å². The summed E-state index contributed by atoms with van der Waals surface area (Å²) in [7, 11) is 1.16. The van der Waals surface area contributed by atoms with Gasteiger partial charge >= 0.3 is 11.9 Å². The molecule has 0 aromatic rings. The Morgan fingerprint density at radius 1 is 0.744 bits per heavy atom. The number of ether oxygens (including phenoxy) is 2. The zero-order chi connectivity index (χ0) is 29.1. The monoisotopic (exact) mass is 574 g/mol. The molecule has 0 spiro atoms. The largest absolute Gasteiger partial charge is 0.467 e. The summed E-state index contributed by atoms with van der Waals surface area (Å²) in [5.74, 6) is -1.15. The van der Waals surface area contributed by atoms with E-state index in [1.54, 1.807) is 0 Å². The number of unbranched alkanes of at least 4 members (excludes halogenated alkanes) is 12. The number of aliphatic hydroxyl groups excluding tert-OH is 1. The Balaban J connectivity index is 4.02. The van der Waals surface area contributed by atoms with E-state index in [9.17, 15) is 24.3 Å². The fourth-order valence-corrected chi connectivity index (χ4v) is 4.88. The summed E-state index contributed by atoms with van der Waals surface area (Å²) >= 11 is 1.36. The van der Waals surface area contributed by atoms with E-state index < -0.39 is 30.6 Å². The molecule has 2 unspecified atom stereocenters. The van der Waals surface area contributed by atoms with Gasteiger partial charge in [-0.2, -0.15) is 11.8 Å². The molecule has 2 atom stereocenters. The molecule has 0 saturated heterocycles. The molecule has 0 heterocycles. The Labute approximate surface area is 240 Å². The molecule has 228 valence electrons. The first-order valence-electron chi connectivity index (χ1n) is 14.9. The minimum Gasteiger partial charge on any atom is -0.467 e. The van der Waals surface area contributed by atoms with Crippen LogP contribution < -0.4 is 10.6 Å². The SMILES string of the molecule is CCCCCCCCCCCCCCCC(=O)OCCSCC(NC(=O)CCC)C(=O)NC(CO)C(=O)OC. The number of hydrogen-bond acceptors (Lipinski definition) is 8. The lowest BCUT2D eigenvalue weighted by molar-refractivity contribution is -0.146. The Morgan fingerprint density at radius 3 is 1.82 bits per heavy atom. The summed E-state index contributed by atoms with van der Waals surface area (Å²) in [6.45, 7) is 3.71. The average Bonchev–Trinajstić information content (AvgIpc) is 2.92. The van der Waals surface area contributed by atoms with Gasteiger partial charge in [0, 0.05) is 24.3 Å². The molecule has 2 amide bonds. The third-order valence-corrected chi connectivity index (χ3v) is 7.40. The molecule has 3 N–H and O–H groups in total. The smallest absolute Gasteiger partial charge is 0.330 e. The van der Waals surface area contributed by atoms with Crippen molar-refractivity contribution in [3.63, 3.8) is 0 Å². The van der Waals surface area contributed by atoms with Crippen molar-refractivity contribution in [3.05, 3.63) is 0 Å². The third-order valence-electron chi connectivity index (χ3n) is 6.37. The van der Waals surface area contributed by atoms with E-state index in [2.05, 4.69) is 22.3 Å². The Bertz CT molecular complexity index is 664. The summed E-state index contributed by atoms with van der Waals surface area (Å²) in [6.07, 6.45) is 17.6. The lowest BCUT2D eigenvalue weighted by Gasteiger charge is -2.21. The van der Waals surface area contributed by atoms with Gasteiger partial charge in [-0.3, -0.25) is 14.4 Å². The van der Waals surface area contributed by atoms with Crippen molar-refractivity contribution in [1.29, 1.82) is 0 Å². The molecule has 0 aliphatic rings. The number of hydrogen-bond donors (Lipinski definition) is 3. The molecule has 0 fully saturated rings. The van der Waals surface area contributed by atoms with Gasteiger partial charge in [0.1, 0.15) is 12.6 Å². The van der Waals surface area contributed by atoms with E-state index >= 15 is 0 Å². The molecule has 0 saturated carbocycles. The van der Waals surface area contributed by atoms with Crippen LogP contribution in [0.5, 0.6) is 0 Å². The predicted octanol–water partition coefficient (Wildman–Crippen LogP) is 4.68. The summed E-state index contributed by atoms with van der Waals surface area (Å²) in [4.78, 5) is 48.3. The summed E-state index contributed by atoms with van der Waals surface area (Å²) in [5.41, 5.74) is 0. The molecule has 0 radical (unpaired) electrons. The van der Waals surface area contributed by atoms with Crippen molar-refractivity contribution in [1.82, 2.24) is 10.6 Å². The second-order valence-corrected chi connectivity index (χ2v) is 11.1.